The molecule has 1 aromatic rings. The van der Waals surface area contributed by atoms with Gasteiger partial charge in [0, 0.05) is 18.8 Å². The Balaban J connectivity index is 1.71. The predicted octanol–water partition coefficient (Wildman–Crippen LogP) is 2.61. The van der Waals surface area contributed by atoms with Crippen molar-refractivity contribution in [3.05, 3.63) is 29.6 Å². The van der Waals surface area contributed by atoms with E-state index < -0.39 is 0 Å². The Bertz CT molecular complexity index is 378. The molecule has 0 aromatic carbocycles. The number of likely N-dealkylation sites (tertiary alicyclic amines) is 1. The van der Waals surface area contributed by atoms with Gasteiger partial charge in [-0.15, -0.1) is 0 Å². The fraction of sp³-hybridized carbons (Fsp3) is 0.688. The molecule has 0 spiro atoms. The lowest BCUT2D eigenvalue weighted by Gasteiger charge is -2.32. The molecule has 0 aliphatic carbocycles. The van der Waals surface area contributed by atoms with E-state index in [0.717, 1.165) is 25.6 Å². The van der Waals surface area contributed by atoms with E-state index in [1.54, 1.807) is 0 Å². The quantitative estimate of drug-likeness (QED) is 0.798. The van der Waals surface area contributed by atoms with Gasteiger partial charge in [0.05, 0.1) is 5.69 Å². The number of piperidine rings is 1. The van der Waals surface area contributed by atoms with E-state index in [1.165, 1.54) is 43.5 Å². The molecule has 1 saturated heterocycles. The molecule has 1 unspecified atom stereocenters. The highest BCUT2D eigenvalue weighted by atomic mass is 15.1. The van der Waals surface area contributed by atoms with Gasteiger partial charge < -0.3 is 10.2 Å². The van der Waals surface area contributed by atoms with Crippen LogP contribution < -0.4 is 5.32 Å². The van der Waals surface area contributed by atoms with Gasteiger partial charge in [-0.2, -0.15) is 0 Å². The lowest BCUT2D eigenvalue weighted by Crippen LogP contribution is -2.38. The van der Waals surface area contributed by atoms with E-state index in [-0.39, 0.29) is 0 Å². The minimum Gasteiger partial charge on any atom is -0.311 e. The van der Waals surface area contributed by atoms with Gasteiger partial charge in [-0.25, -0.2) is 0 Å². The monoisotopic (exact) mass is 261 g/mol. The molecule has 1 aliphatic heterocycles. The van der Waals surface area contributed by atoms with Gasteiger partial charge in [-0.1, -0.05) is 19.4 Å². The van der Waals surface area contributed by atoms with Crippen molar-refractivity contribution in [3.8, 4) is 0 Å². The number of pyridine rings is 1. The smallest absolute Gasteiger partial charge is 0.0573 e. The van der Waals surface area contributed by atoms with Gasteiger partial charge in [0.1, 0.15) is 0 Å². The highest BCUT2D eigenvalue weighted by Crippen LogP contribution is 2.17. The third kappa shape index (κ3) is 4.29. The van der Waals surface area contributed by atoms with Crippen LogP contribution in [0.2, 0.25) is 0 Å². The first-order valence-electron chi connectivity index (χ1n) is 7.65. The fourth-order valence-corrected chi connectivity index (χ4v) is 2.94. The molecule has 2 heterocycles. The van der Waals surface area contributed by atoms with E-state index in [4.69, 9.17) is 0 Å². The Labute approximate surface area is 117 Å². The van der Waals surface area contributed by atoms with Crippen molar-refractivity contribution in [2.45, 2.75) is 51.6 Å². The predicted molar refractivity (Wildman–Crippen MR) is 80.2 cm³/mol. The Morgan fingerprint density at radius 2 is 2.32 bits per heavy atom. The van der Waals surface area contributed by atoms with Crippen LogP contribution in [-0.2, 0) is 13.0 Å². The minimum absolute atomic E-state index is 0.774. The first kappa shape index (κ1) is 14.5. The van der Waals surface area contributed by atoms with Crippen molar-refractivity contribution in [1.29, 1.82) is 0 Å². The summed E-state index contributed by atoms with van der Waals surface area (Å²) < 4.78 is 0. The maximum Gasteiger partial charge on any atom is 0.0573 e. The van der Waals surface area contributed by atoms with Gasteiger partial charge in [0.15, 0.2) is 0 Å². The summed E-state index contributed by atoms with van der Waals surface area (Å²) in [5, 5.41) is 3.56. The molecule has 3 heteroatoms. The molecule has 3 nitrogen and oxygen atoms in total. The van der Waals surface area contributed by atoms with Crippen LogP contribution in [0.15, 0.2) is 18.3 Å². The number of aryl methyl sites for hydroxylation is 1. The van der Waals surface area contributed by atoms with Crippen LogP contribution in [-0.4, -0.2) is 36.1 Å². The second-order valence-corrected chi connectivity index (χ2v) is 5.56. The van der Waals surface area contributed by atoms with Crippen molar-refractivity contribution in [2.24, 2.45) is 0 Å². The zero-order valence-corrected chi connectivity index (χ0v) is 12.4. The molecule has 1 atom stereocenters. The molecular weight excluding hydrogens is 234 g/mol. The normalized spacial score (nSPS) is 20.6. The molecule has 1 aromatic heterocycles. The highest BCUT2D eigenvalue weighted by Gasteiger charge is 2.17. The average Bonchev–Trinajstić information content (AvgIpc) is 2.45. The fourth-order valence-electron chi connectivity index (χ4n) is 2.94. The Kier molecular flexibility index (Phi) is 5.80. The van der Waals surface area contributed by atoms with Crippen LogP contribution >= 0.6 is 0 Å². The number of hydrogen-bond donors (Lipinski definition) is 1. The lowest BCUT2D eigenvalue weighted by molar-refractivity contribution is 0.175. The molecule has 19 heavy (non-hydrogen) atoms. The summed E-state index contributed by atoms with van der Waals surface area (Å²) in [4.78, 5) is 6.99. The summed E-state index contributed by atoms with van der Waals surface area (Å²) in [6.45, 7) is 5.46. The maximum atomic E-state index is 4.48. The molecule has 1 aliphatic rings. The number of nitrogens with zero attached hydrogens (tertiary/aromatic N) is 2. The highest BCUT2D eigenvalue weighted by molar-refractivity contribution is 5.19. The zero-order chi connectivity index (χ0) is 13.5. The summed E-state index contributed by atoms with van der Waals surface area (Å²) in [6, 6.07) is 4.98. The van der Waals surface area contributed by atoms with Gasteiger partial charge in [0.2, 0.25) is 0 Å². The first-order chi connectivity index (χ1) is 9.31. The first-order valence-corrected chi connectivity index (χ1v) is 7.65. The average molecular weight is 261 g/mol. The lowest BCUT2D eigenvalue weighted by atomic mass is 10.0. The van der Waals surface area contributed by atoms with E-state index in [2.05, 4.69) is 35.2 Å². The number of hydrogen-bond acceptors (Lipinski definition) is 3. The molecule has 0 saturated carbocycles. The summed E-state index contributed by atoms with van der Waals surface area (Å²) in [6.07, 6.45) is 8.34. The molecule has 1 fully saturated rings. The maximum absolute atomic E-state index is 4.48. The van der Waals surface area contributed by atoms with Crippen LogP contribution in [0.5, 0.6) is 0 Å². The van der Waals surface area contributed by atoms with E-state index >= 15 is 0 Å². The number of rotatable bonds is 6. The van der Waals surface area contributed by atoms with Crippen LogP contribution in [0.25, 0.3) is 0 Å². The van der Waals surface area contributed by atoms with Crippen LogP contribution in [0, 0.1) is 0 Å². The summed E-state index contributed by atoms with van der Waals surface area (Å²) in [5.41, 5.74) is 2.58. The summed E-state index contributed by atoms with van der Waals surface area (Å²) >= 11 is 0. The van der Waals surface area contributed by atoms with Crippen LogP contribution in [0.1, 0.15) is 43.9 Å². The standard InChI is InChI=1S/C16H27N3/c1-3-14-7-6-10-18-16(14)13-17-11-9-15-8-4-5-12-19(15)2/h6-7,10,15,17H,3-5,8-9,11-13H2,1-2H3. The largest absolute Gasteiger partial charge is 0.311 e. The number of aromatic nitrogens is 1. The summed E-state index contributed by atoms with van der Waals surface area (Å²) in [5.74, 6) is 0. The van der Waals surface area contributed by atoms with E-state index in [1.807, 2.05) is 12.3 Å². The Morgan fingerprint density at radius 1 is 1.42 bits per heavy atom. The minimum atomic E-state index is 0.774. The van der Waals surface area contributed by atoms with Crippen LogP contribution in [0.4, 0.5) is 0 Å². The van der Waals surface area contributed by atoms with Gasteiger partial charge in [-0.3, -0.25) is 4.98 Å². The zero-order valence-electron chi connectivity index (χ0n) is 12.4. The van der Waals surface area contributed by atoms with E-state index in [0.29, 0.717) is 0 Å². The van der Waals surface area contributed by atoms with Crippen molar-refractivity contribution < 1.29 is 0 Å². The third-order valence-electron chi connectivity index (χ3n) is 4.23. The summed E-state index contributed by atoms with van der Waals surface area (Å²) in [7, 11) is 2.26. The molecule has 2 rings (SSSR count). The molecule has 1 N–H and O–H groups in total. The molecule has 0 amide bonds. The van der Waals surface area contributed by atoms with Gasteiger partial charge >= 0.3 is 0 Å². The molecular formula is C16H27N3. The van der Waals surface area contributed by atoms with Crippen molar-refractivity contribution >= 4 is 0 Å². The van der Waals surface area contributed by atoms with Crippen molar-refractivity contribution in [3.63, 3.8) is 0 Å². The van der Waals surface area contributed by atoms with Gasteiger partial charge in [0.25, 0.3) is 0 Å². The number of nitrogens with one attached hydrogen (secondary N) is 1. The second-order valence-electron chi connectivity index (χ2n) is 5.56. The molecule has 106 valence electrons. The second kappa shape index (κ2) is 7.61. The Morgan fingerprint density at radius 3 is 3.11 bits per heavy atom. The van der Waals surface area contributed by atoms with Crippen LogP contribution in [0.3, 0.4) is 0 Å². The topological polar surface area (TPSA) is 28.2 Å². The van der Waals surface area contributed by atoms with Gasteiger partial charge in [-0.05, 0) is 57.5 Å². The molecule has 0 bridgehead atoms. The van der Waals surface area contributed by atoms with E-state index in [9.17, 15) is 0 Å². The molecule has 0 radical (unpaired) electrons. The van der Waals surface area contributed by atoms with Crippen molar-refractivity contribution in [2.75, 3.05) is 20.1 Å². The van der Waals surface area contributed by atoms with Crippen molar-refractivity contribution in [1.82, 2.24) is 15.2 Å². The third-order valence-corrected chi connectivity index (χ3v) is 4.23. The Hall–Kier alpha value is -0.930. The SMILES string of the molecule is CCc1cccnc1CNCCC1CCCCN1C.